The molecule has 3 rings (SSSR count). The first-order valence-electron chi connectivity index (χ1n) is 8.64. The second-order valence-corrected chi connectivity index (χ2v) is 6.17. The number of carbonyl (C=O) groups is 1. The fourth-order valence-corrected chi connectivity index (χ4v) is 2.93. The second kappa shape index (κ2) is 8.11. The monoisotopic (exact) mass is 344 g/mol. The van der Waals surface area contributed by atoms with Gasteiger partial charge in [-0.25, -0.2) is 4.98 Å². The number of nitrogens with zero attached hydrogens (tertiary/aromatic N) is 3. The number of morpholine rings is 1. The standard InChI is InChI=1S/C18H24N4O3/c1-13-16(14(2)25-21-13)4-3-7-19-18(23)15-5-6-17(20-12-15)22-8-10-24-11-9-22/h5-6,12H,3-4,7-11H2,1-2H3,(H,19,23). The van der Waals surface area contributed by atoms with Crippen LogP contribution in [-0.2, 0) is 11.2 Å². The molecule has 1 amide bonds. The number of hydrogen-bond donors (Lipinski definition) is 1. The highest BCUT2D eigenvalue weighted by Gasteiger charge is 2.13. The number of hydrogen-bond acceptors (Lipinski definition) is 6. The van der Waals surface area contributed by atoms with E-state index in [1.165, 1.54) is 0 Å². The first kappa shape index (κ1) is 17.4. The van der Waals surface area contributed by atoms with Crippen molar-refractivity contribution in [3.8, 4) is 0 Å². The van der Waals surface area contributed by atoms with Gasteiger partial charge in [-0.15, -0.1) is 0 Å². The van der Waals surface area contributed by atoms with Crippen LogP contribution in [-0.4, -0.2) is 48.9 Å². The van der Waals surface area contributed by atoms with Gasteiger partial charge in [0.2, 0.25) is 0 Å². The maximum absolute atomic E-state index is 12.2. The molecular weight excluding hydrogens is 320 g/mol. The molecule has 7 nitrogen and oxygen atoms in total. The lowest BCUT2D eigenvalue weighted by Crippen LogP contribution is -2.36. The van der Waals surface area contributed by atoms with Gasteiger partial charge >= 0.3 is 0 Å². The van der Waals surface area contributed by atoms with Crippen molar-refractivity contribution in [3.05, 3.63) is 40.9 Å². The number of pyridine rings is 1. The van der Waals surface area contributed by atoms with Gasteiger partial charge in [0, 0.05) is 31.4 Å². The number of carbonyl (C=O) groups excluding carboxylic acids is 1. The largest absolute Gasteiger partial charge is 0.378 e. The van der Waals surface area contributed by atoms with Gasteiger partial charge in [0.15, 0.2) is 0 Å². The van der Waals surface area contributed by atoms with Crippen LogP contribution in [0.2, 0.25) is 0 Å². The maximum atomic E-state index is 12.2. The molecule has 1 N–H and O–H groups in total. The Morgan fingerprint density at radius 2 is 2.08 bits per heavy atom. The molecule has 1 aliphatic rings. The van der Waals surface area contributed by atoms with Gasteiger partial charge in [-0.2, -0.15) is 0 Å². The molecule has 0 aliphatic carbocycles. The van der Waals surface area contributed by atoms with Crippen molar-refractivity contribution in [1.29, 1.82) is 0 Å². The number of nitrogens with one attached hydrogen (secondary N) is 1. The van der Waals surface area contributed by atoms with Crippen molar-refractivity contribution in [2.75, 3.05) is 37.7 Å². The van der Waals surface area contributed by atoms with Gasteiger partial charge < -0.3 is 19.5 Å². The predicted octanol–water partition coefficient (Wildman–Crippen LogP) is 1.89. The molecular formula is C18H24N4O3. The van der Waals surface area contributed by atoms with Gasteiger partial charge in [0.05, 0.1) is 24.5 Å². The molecule has 0 radical (unpaired) electrons. The Morgan fingerprint density at radius 1 is 1.28 bits per heavy atom. The average molecular weight is 344 g/mol. The molecule has 2 aromatic heterocycles. The van der Waals surface area contributed by atoms with Crippen molar-refractivity contribution in [2.45, 2.75) is 26.7 Å². The Morgan fingerprint density at radius 3 is 2.72 bits per heavy atom. The van der Waals surface area contributed by atoms with Crippen molar-refractivity contribution >= 4 is 11.7 Å². The minimum atomic E-state index is -0.0974. The molecule has 25 heavy (non-hydrogen) atoms. The highest BCUT2D eigenvalue weighted by atomic mass is 16.5. The predicted molar refractivity (Wildman–Crippen MR) is 93.9 cm³/mol. The number of aromatic nitrogens is 2. The Kier molecular flexibility index (Phi) is 5.65. The van der Waals surface area contributed by atoms with E-state index in [1.54, 1.807) is 6.20 Å². The summed E-state index contributed by atoms with van der Waals surface area (Å²) in [6.07, 6.45) is 3.32. The molecule has 0 atom stereocenters. The van der Waals surface area contributed by atoms with Gasteiger partial charge in [-0.05, 0) is 38.8 Å². The quantitative estimate of drug-likeness (QED) is 0.806. The molecule has 134 valence electrons. The molecule has 3 heterocycles. The van der Waals surface area contributed by atoms with Crippen molar-refractivity contribution in [2.24, 2.45) is 0 Å². The van der Waals surface area contributed by atoms with E-state index in [1.807, 2.05) is 26.0 Å². The number of amides is 1. The van der Waals surface area contributed by atoms with Crippen LogP contribution in [0.3, 0.4) is 0 Å². The third-order valence-electron chi connectivity index (χ3n) is 4.42. The van der Waals surface area contributed by atoms with Crippen LogP contribution in [0.1, 0.15) is 33.8 Å². The number of anilines is 1. The molecule has 0 saturated carbocycles. The summed E-state index contributed by atoms with van der Waals surface area (Å²) < 4.78 is 10.5. The zero-order valence-corrected chi connectivity index (χ0v) is 14.7. The van der Waals surface area contributed by atoms with Crippen LogP contribution in [0, 0.1) is 13.8 Å². The van der Waals surface area contributed by atoms with E-state index in [9.17, 15) is 4.79 Å². The summed E-state index contributed by atoms with van der Waals surface area (Å²) in [7, 11) is 0. The van der Waals surface area contributed by atoms with Gasteiger partial charge in [-0.1, -0.05) is 5.16 Å². The minimum absolute atomic E-state index is 0.0974. The summed E-state index contributed by atoms with van der Waals surface area (Å²) in [5.74, 6) is 1.64. The van der Waals surface area contributed by atoms with E-state index in [2.05, 4.69) is 20.4 Å². The lowest BCUT2D eigenvalue weighted by Gasteiger charge is -2.27. The summed E-state index contributed by atoms with van der Waals surface area (Å²) in [6.45, 7) is 7.56. The van der Waals surface area contributed by atoms with Crippen LogP contribution in [0.5, 0.6) is 0 Å². The maximum Gasteiger partial charge on any atom is 0.252 e. The van der Waals surface area contributed by atoms with E-state index in [4.69, 9.17) is 9.26 Å². The minimum Gasteiger partial charge on any atom is -0.378 e. The molecule has 7 heteroatoms. The fraction of sp³-hybridized carbons (Fsp3) is 0.500. The van der Waals surface area contributed by atoms with Crippen molar-refractivity contribution in [1.82, 2.24) is 15.5 Å². The van der Waals surface area contributed by atoms with Crippen molar-refractivity contribution < 1.29 is 14.1 Å². The number of rotatable bonds is 6. The first-order chi connectivity index (χ1) is 12.1. The zero-order valence-electron chi connectivity index (χ0n) is 14.7. The van der Waals surface area contributed by atoms with Gasteiger partial charge in [0.25, 0.3) is 5.91 Å². The van der Waals surface area contributed by atoms with Crippen LogP contribution in [0.25, 0.3) is 0 Å². The van der Waals surface area contributed by atoms with E-state index in [0.29, 0.717) is 12.1 Å². The highest BCUT2D eigenvalue weighted by Crippen LogP contribution is 2.14. The van der Waals surface area contributed by atoms with Crippen LogP contribution < -0.4 is 10.2 Å². The first-order valence-corrected chi connectivity index (χ1v) is 8.64. The Bertz CT molecular complexity index is 686. The van der Waals surface area contributed by atoms with Crippen LogP contribution >= 0.6 is 0 Å². The van der Waals surface area contributed by atoms with E-state index >= 15 is 0 Å². The van der Waals surface area contributed by atoms with Gasteiger partial charge in [0.1, 0.15) is 11.6 Å². The lowest BCUT2D eigenvalue weighted by atomic mass is 10.1. The fourth-order valence-electron chi connectivity index (χ4n) is 2.93. The van der Waals surface area contributed by atoms with Gasteiger partial charge in [-0.3, -0.25) is 4.79 Å². The van der Waals surface area contributed by atoms with Crippen LogP contribution in [0.4, 0.5) is 5.82 Å². The zero-order chi connectivity index (χ0) is 17.6. The normalized spacial score (nSPS) is 14.6. The number of aryl methyl sites for hydroxylation is 2. The SMILES string of the molecule is Cc1noc(C)c1CCCNC(=O)c1ccc(N2CCOCC2)nc1. The van der Waals surface area contributed by atoms with Crippen LogP contribution in [0.15, 0.2) is 22.9 Å². The lowest BCUT2D eigenvalue weighted by molar-refractivity contribution is 0.0952. The van der Waals surface area contributed by atoms with E-state index in [-0.39, 0.29) is 5.91 Å². The third-order valence-corrected chi connectivity index (χ3v) is 4.42. The smallest absolute Gasteiger partial charge is 0.252 e. The molecule has 0 bridgehead atoms. The van der Waals surface area contributed by atoms with E-state index < -0.39 is 0 Å². The molecule has 0 unspecified atom stereocenters. The molecule has 1 aliphatic heterocycles. The Hall–Kier alpha value is -2.41. The molecule has 1 fully saturated rings. The average Bonchev–Trinajstić information content (AvgIpc) is 2.97. The summed E-state index contributed by atoms with van der Waals surface area (Å²) in [6, 6.07) is 3.71. The third kappa shape index (κ3) is 4.36. The summed E-state index contributed by atoms with van der Waals surface area (Å²) in [5.41, 5.74) is 2.63. The second-order valence-electron chi connectivity index (χ2n) is 6.17. The highest BCUT2D eigenvalue weighted by molar-refractivity contribution is 5.94. The Balaban J connectivity index is 1.46. The summed E-state index contributed by atoms with van der Waals surface area (Å²) >= 11 is 0. The molecule has 2 aromatic rings. The molecule has 0 spiro atoms. The Labute approximate surface area is 147 Å². The number of ether oxygens (including phenoxy) is 1. The molecule has 0 aromatic carbocycles. The van der Waals surface area contributed by atoms with E-state index in [0.717, 1.165) is 62.0 Å². The summed E-state index contributed by atoms with van der Waals surface area (Å²) in [4.78, 5) is 18.8. The van der Waals surface area contributed by atoms with Crippen molar-refractivity contribution in [3.63, 3.8) is 0 Å². The topological polar surface area (TPSA) is 80.5 Å². The molecule has 1 saturated heterocycles. The summed E-state index contributed by atoms with van der Waals surface area (Å²) in [5, 5.41) is 6.88.